The number of piperidine rings is 1. The number of hydrogen-bond donors (Lipinski definition) is 2. The van der Waals surface area contributed by atoms with Crippen molar-refractivity contribution in [2.45, 2.75) is 76.3 Å². The van der Waals surface area contributed by atoms with Gasteiger partial charge >= 0.3 is 0 Å². The number of amides is 1. The number of aliphatic hydroxyl groups excluding tert-OH is 1. The third kappa shape index (κ3) is 4.74. The lowest BCUT2D eigenvalue weighted by Gasteiger charge is -2.34. The van der Waals surface area contributed by atoms with Crippen molar-refractivity contribution in [3.05, 3.63) is 0 Å². The van der Waals surface area contributed by atoms with Crippen LogP contribution in [-0.4, -0.2) is 47.7 Å². The number of rotatable bonds is 6. The molecule has 1 atom stereocenters. The minimum Gasteiger partial charge on any atom is -0.395 e. The van der Waals surface area contributed by atoms with Gasteiger partial charge in [-0.15, -0.1) is 0 Å². The normalized spacial score (nSPS) is 24.6. The van der Waals surface area contributed by atoms with Gasteiger partial charge in [0, 0.05) is 25.0 Å². The predicted octanol–water partition coefficient (Wildman–Crippen LogP) is 2.06. The van der Waals surface area contributed by atoms with Crippen molar-refractivity contribution < 1.29 is 9.90 Å². The average Bonchev–Trinajstić information content (AvgIpc) is 2.52. The highest BCUT2D eigenvalue weighted by atomic mass is 16.3. The summed E-state index contributed by atoms with van der Waals surface area (Å²) >= 11 is 0. The van der Waals surface area contributed by atoms with E-state index in [-0.39, 0.29) is 12.5 Å². The van der Waals surface area contributed by atoms with Gasteiger partial charge in [-0.25, -0.2) is 0 Å². The first-order valence-corrected chi connectivity index (χ1v) is 8.45. The van der Waals surface area contributed by atoms with Crippen molar-refractivity contribution in [2.24, 2.45) is 0 Å². The maximum atomic E-state index is 12.5. The molecule has 0 aromatic carbocycles. The molecule has 116 valence electrons. The highest BCUT2D eigenvalue weighted by Gasteiger charge is 2.25. The number of carbonyl (C=O) groups is 1. The van der Waals surface area contributed by atoms with Gasteiger partial charge in [-0.05, 0) is 38.6 Å². The van der Waals surface area contributed by atoms with Crippen molar-refractivity contribution >= 4 is 5.91 Å². The molecule has 0 spiro atoms. The van der Waals surface area contributed by atoms with Gasteiger partial charge in [0.15, 0.2) is 0 Å². The van der Waals surface area contributed by atoms with Gasteiger partial charge in [-0.3, -0.25) is 4.79 Å². The lowest BCUT2D eigenvalue weighted by Crippen LogP contribution is -2.44. The van der Waals surface area contributed by atoms with E-state index in [0.717, 1.165) is 25.8 Å². The lowest BCUT2D eigenvalue weighted by molar-refractivity contribution is -0.135. The first kappa shape index (κ1) is 15.8. The summed E-state index contributed by atoms with van der Waals surface area (Å²) in [5.74, 6) is 0.248. The van der Waals surface area contributed by atoms with Crippen LogP contribution in [0.15, 0.2) is 0 Å². The Bertz CT molecular complexity index is 284. The molecule has 2 aliphatic rings. The standard InChI is InChI=1S/C16H30N2O2/c19-13-12-18(15-7-2-1-3-8-15)16(20)10-9-14-6-4-5-11-17-14/h14-15,17,19H,1-13H2. The van der Waals surface area contributed by atoms with Crippen LogP contribution in [0.1, 0.15) is 64.2 Å². The van der Waals surface area contributed by atoms with E-state index in [2.05, 4.69) is 5.32 Å². The summed E-state index contributed by atoms with van der Waals surface area (Å²) < 4.78 is 0. The zero-order valence-electron chi connectivity index (χ0n) is 12.6. The van der Waals surface area contributed by atoms with Gasteiger partial charge in [0.1, 0.15) is 0 Å². The summed E-state index contributed by atoms with van der Waals surface area (Å²) in [5.41, 5.74) is 0. The molecule has 2 rings (SSSR count). The fraction of sp³-hybridized carbons (Fsp3) is 0.938. The molecule has 0 bridgehead atoms. The minimum atomic E-state index is 0.0872. The second-order valence-electron chi connectivity index (χ2n) is 6.29. The van der Waals surface area contributed by atoms with Crippen molar-refractivity contribution in [3.8, 4) is 0 Å². The van der Waals surface area contributed by atoms with Gasteiger partial charge < -0.3 is 15.3 Å². The molecule has 1 amide bonds. The second kappa shape index (κ2) is 8.63. The van der Waals surface area contributed by atoms with Crippen LogP contribution in [0, 0.1) is 0 Å². The van der Waals surface area contributed by atoms with E-state index in [1.54, 1.807) is 0 Å². The van der Waals surface area contributed by atoms with Crippen LogP contribution in [0.25, 0.3) is 0 Å². The monoisotopic (exact) mass is 282 g/mol. The molecule has 1 aliphatic carbocycles. The molecule has 4 heteroatoms. The Morgan fingerprint density at radius 1 is 1.10 bits per heavy atom. The Hall–Kier alpha value is -0.610. The van der Waals surface area contributed by atoms with Crippen LogP contribution >= 0.6 is 0 Å². The average molecular weight is 282 g/mol. The van der Waals surface area contributed by atoms with Crippen LogP contribution in [0.3, 0.4) is 0 Å². The van der Waals surface area contributed by atoms with Gasteiger partial charge in [0.05, 0.1) is 6.61 Å². The zero-order chi connectivity index (χ0) is 14.2. The number of hydrogen-bond acceptors (Lipinski definition) is 3. The highest BCUT2D eigenvalue weighted by Crippen LogP contribution is 2.23. The van der Waals surface area contributed by atoms with Crippen molar-refractivity contribution in [3.63, 3.8) is 0 Å². The van der Waals surface area contributed by atoms with Crippen LogP contribution in [-0.2, 0) is 4.79 Å². The molecule has 1 heterocycles. The maximum Gasteiger partial charge on any atom is 0.222 e. The molecule has 0 radical (unpaired) electrons. The number of nitrogens with zero attached hydrogens (tertiary/aromatic N) is 1. The summed E-state index contributed by atoms with van der Waals surface area (Å²) in [7, 11) is 0. The Morgan fingerprint density at radius 3 is 2.50 bits per heavy atom. The minimum absolute atomic E-state index is 0.0872. The van der Waals surface area contributed by atoms with E-state index in [4.69, 9.17) is 0 Å². The largest absolute Gasteiger partial charge is 0.395 e. The summed E-state index contributed by atoms with van der Waals surface area (Å²) in [5, 5.41) is 12.7. The van der Waals surface area contributed by atoms with Crippen LogP contribution < -0.4 is 5.32 Å². The second-order valence-corrected chi connectivity index (χ2v) is 6.29. The van der Waals surface area contributed by atoms with Gasteiger partial charge in [0.2, 0.25) is 5.91 Å². The Kier molecular flexibility index (Phi) is 6.80. The molecule has 0 aromatic rings. The molecule has 4 nitrogen and oxygen atoms in total. The van der Waals surface area contributed by atoms with E-state index < -0.39 is 0 Å². The Balaban J connectivity index is 1.79. The first-order valence-electron chi connectivity index (χ1n) is 8.45. The summed E-state index contributed by atoms with van der Waals surface area (Å²) in [6.07, 6.45) is 11.3. The summed E-state index contributed by atoms with van der Waals surface area (Å²) in [6.45, 7) is 1.70. The molecule has 0 aromatic heterocycles. The SMILES string of the molecule is O=C(CCC1CCCCN1)N(CCO)C1CCCCC1. The third-order valence-electron chi connectivity index (χ3n) is 4.80. The Labute approximate surface area is 122 Å². The van der Waals surface area contributed by atoms with Gasteiger partial charge in [0.25, 0.3) is 0 Å². The molecule has 1 saturated carbocycles. The van der Waals surface area contributed by atoms with Gasteiger partial charge in [-0.1, -0.05) is 25.7 Å². The molecule has 2 fully saturated rings. The number of carbonyl (C=O) groups excluding carboxylic acids is 1. The van der Waals surface area contributed by atoms with E-state index in [1.165, 1.54) is 38.5 Å². The lowest BCUT2D eigenvalue weighted by atomic mass is 9.93. The maximum absolute atomic E-state index is 12.5. The van der Waals surface area contributed by atoms with Crippen molar-refractivity contribution in [1.82, 2.24) is 10.2 Å². The molecule has 20 heavy (non-hydrogen) atoms. The van der Waals surface area contributed by atoms with E-state index in [1.807, 2.05) is 4.90 Å². The highest BCUT2D eigenvalue weighted by molar-refractivity contribution is 5.76. The van der Waals surface area contributed by atoms with Crippen molar-refractivity contribution in [1.29, 1.82) is 0 Å². The third-order valence-corrected chi connectivity index (χ3v) is 4.80. The van der Waals surface area contributed by atoms with Gasteiger partial charge in [-0.2, -0.15) is 0 Å². The van der Waals surface area contributed by atoms with Crippen LogP contribution in [0.4, 0.5) is 0 Å². The number of aliphatic hydroxyl groups is 1. The quantitative estimate of drug-likeness (QED) is 0.784. The van der Waals surface area contributed by atoms with Crippen LogP contribution in [0.2, 0.25) is 0 Å². The van der Waals surface area contributed by atoms with E-state index >= 15 is 0 Å². The van der Waals surface area contributed by atoms with Crippen molar-refractivity contribution in [2.75, 3.05) is 19.7 Å². The molecular weight excluding hydrogens is 252 g/mol. The molecule has 1 unspecified atom stereocenters. The number of nitrogens with one attached hydrogen (secondary N) is 1. The molecule has 1 aliphatic heterocycles. The zero-order valence-corrected chi connectivity index (χ0v) is 12.6. The molecular formula is C16H30N2O2. The molecule has 2 N–H and O–H groups in total. The topological polar surface area (TPSA) is 52.6 Å². The predicted molar refractivity (Wildman–Crippen MR) is 80.5 cm³/mol. The van der Waals surface area contributed by atoms with E-state index in [9.17, 15) is 9.90 Å². The van der Waals surface area contributed by atoms with E-state index in [0.29, 0.717) is 25.0 Å². The first-order chi connectivity index (χ1) is 9.81. The van der Waals surface area contributed by atoms with Crippen LogP contribution in [0.5, 0.6) is 0 Å². The molecule has 1 saturated heterocycles. The fourth-order valence-electron chi connectivity index (χ4n) is 3.62. The smallest absolute Gasteiger partial charge is 0.222 e. The Morgan fingerprint density at radius 2 is 1.85 bits per heavy atom. The fourth-order valence-corrected chi connectivity index (χ4v) is 3.62. The summed E-state index contributed by atoms with van der Waals surface area (Å²) in [4.78, 5) is 14.4. The summed E-state index contributed by atoms with van der Waals surface area (Å²) in [6, 6.07) is 0.901.